The minimum atomic E-state index is -0.761. The third-order valence-electron chi connectivity index (χ3n) is 3.45. The third-order valence-corrected chi connectivity index (χ3v) is 3.72. The van der Waals surface area contributed by atoms with Gasteiger partial charge in [-0.2, -0.15) is 5.10 Å². The summed E-state index contributed by atoms with van der Waals surface area (Å²) < 4.78 is 41.6. The molecule has 0 aliphatic carbocycles. The van der Waals surface area contributed by atoms with E-state index in [1.165, 1.54) is 30.3 Å². The zero-order valence-electron chi connectivity index (χ0n) is 11.9. The molecule has 6 heteroatoms. The fourth-order valence-electron chi connectivity index (χ4n) is 2.44. The highest BCUT2D eigenvalue weighted by Gasteiger charge is 2.22. The maximum atomic E-state index is 14.2. The Bertz CT molecular complexity index is 860. The fourth-order valence-corrected chi connectivity index (χ4v) is 2.66. The van der Waals surface area contributed by atoms with E-state index in [9.17, 15) is 13.2 Å². The molecule has 0 spiro atoms. The molecule has 0 unspecified atom stereocenters. The van der Waals surface area contributed by atoms with Crippen LogP contribution in [0.1, 0.15) is 5.69 Å². The van der Waals surface area contributed by atoms with Crippen LogP contribution in [-0.2, 0) is 0 Å². The van der Waals surface area contributed by atoms with Crippen molar-refractivity contribution in [2.24, 2.45) is 0 Å². The Hall–Kier alpha value is -2.40. The summed E-state index contributed by atoms with van der Waals surface area (Å²) >= 11 is 6.08. The number of halogens is 4. The van der Waals surface area contributed by atoms with E-state index in [1.807, 2.05) is 0 Å². The van der Waals surface area contributed by atoms with Crippen LogP contribution in [0, 0.1) is 24.4 Å². The standard InChI is InChI=1S/C17H10ClF3N2/c1-9-14(10-5-7-11(19)8-6-10)16(17(18)23-22-9)15-12(20)3-2-4-13(15)21/h2-8H,1H3. The van der Waals surface area contributed by atoms with Crippen molar-refractivity contribution in [2.75, 3.05) is 0 Å². The van der Waals surface area contributed by atoms with Crippen molar-refractivity contribution in [3.05, 3.63) is 70.8 Å². The van der Waals surface area contributed by atoms with E-state index in [0.29, 0.717) is 16.8 Å². The highest BCUT2D eigenvalue weighted by atomic mass is 35.5. The largest absolute Gasteiger partial charge is 0.207 e. The number of hydrogen-bond donors (Lipinski definition) is 0. The first-order chi connectivity index (χ1) is 11.0. The zero-order chi connectivity index (χ0) is 16.6. The van der Waals surface area contributed by atoms with Crippen LogP contribution in [0.25, 0.3) is 22.3 Å². The van der Waals surface area contributed by atoms with E-state index in [-0.39, 0.29) is 16.3 Å². The van der Waals surface area contributed by atoms with Crippen LogP contribution in [-0.4, -0.2) is 10.2 Å². The van der Waals surface area contributed by atoms with Crippen molar-refractivity contribution in [1.29, 1.82) is 0 Å². The molecule has 23 heavy (non-hydrogen) atoms. The first-order valence-electron chi connectivity index (χ1n) is 6.72. The number of aromatic nitrogens is 2. The quantitative estimate of drug-likeness (QED) is 0.644. The van der Waals surface area contributed by atoms with Gasteiger partial charge in [0, 0.05) is 11.1 Å². The van der Waals surface area contributed by atoms with E-state index in [4.69, 9.17) is 11.6 Å². The zero-order valence-corrected chi connectivity index (χ0v) is 12.7. The third kappa shape index (κ3) is 2.80. The summed E-state index contributed by atoms with van der Waals surface area (Å²) in [7, 11) is 0. The predicted molar refractivity (Wildman–Crippen MR) is 82.5 cm³/mol. The Morgan fingerprint density at radius 1 is 0.783 bits per heavy atom. The molecule has 116 valence electrons. The lowest BCUT2D eigenvalue weighted by molar-refractivity contribution is 0.589. The average molecular weight is 335 g/mol. The molecule has 2 nitrogen and oxygen atoms in total. The Balaban J connectivity index is 2.37. The molecule has 3 rings (SSSR count). The summed E-state index contributed by atoms with van der Waals surface area (Å²) in [5.41, 5.74) is 1.20. The van der Waals surface area contributed by atoms with Gasteiger partial charge in [-0.15, -0.1) is 5.10 Å². The van der Waals surface area contributed by atoms with Gasteiger partial charge in [0.2, 0.25) is 0 Å². The summed E-state index contributed by atoms with van der Waals surface area (Å²) in [6.07, 6.45) is 0. The van der Waals surface area contributed by atoms with Gasteiger partial charge in [0.15, 0.2) is 5.15 Å². The van der Waals surface area contributed by atoms with Crippen LogP contribution >= 0.6 is 11.6 Å². The number of rotatable bonds is 2. The number of benzene rings is 2. The van der Waals surface area contributed by atoms with Gasteiger partial charge >= 0.3 is 0 Å². The van der Waals surface area contributed by atoms with Gasteiger partial charge < -0.3 is 0 Å². The molecule has 0 aliphatic heterocycles. The van der Waals surface area contributed by atoms with E-state index >= 15 is 0 Å². The number of nitrogens with zero attached hydrogens (tertiary/aromatic N) is 2. The average Bonchev–Trinajstić information content (AvgIpc) is 2.52. The number of hydrogen-bond acceptors (Lipinski definition) is 2. The fraction of sp³-hybridized carbons (Fsp3) is 0.0588. The van der Waals surface area contributed by atoms with Crippen molar-refractivity contribution in [2.45, 2.75) is 6.92 Å². The maximum Gasteiger partial charge on any atom is 0.160 e. The molecule has 0 bridgehead atoms. The lowest BCUT2D eigenvalue weighted by Crippen LogP contribution is -2.00. The molecule has 1 aromatic heterocycles. The second kappa shape index (κ2) is 6.01. The van der Waals surface area contributed by atoms with Gasteiger partial charge in [0.05, 0.1) is 11.3 Å². The van der Waals surface area contributed by atoms with Crippen molar-refractivity contribution < 1.29 is 13.2 Å². The second-order valence-electron chi connectivity index (χ2n) is 4.93. The highest BCUT2D eigenvalue weighted by Crippen LogP contribution is 2.40. The van der Waals surface area contributed by atoms with E-state index < -0.39 is 17.5 Å². The molecular weight excluding hydrogens is 325 g/mol. The molecule has 0 saturated heterocycles. The SMILES string of the molecule is Cc1nnc(Cl)c(-c2c(F)cccc2F)c1-c1ccc(F)cc1. The smallest absolute Gasteiger partial charge is 0.160 e. The summed E-state index contributed by atoms with van der Waals surface area (Å²) in [6, 6.07) is 9.05. The minimum Gasteiger partial charge on any atom is -0.207 e. The van der Waals surface area contributed by atoms with Crippen molar-refractivity contribution >= 4 is 11.6 Å². The van der Waals surface area contributed by atoms with Crippen molar-refractivity contribution in [3.8, 4) is 22.3 Å². The van der Waals surface area contributed by atoms with E-state index in [0.717, 1.165) is 12.1 Å². The van der Waals surface area contributed by atoms with Gasteiger partial charge in [-0.25, -0.2) is 13.2 Å². The minimum absolute atomic E-state index is 0.0985. The molecular formula is C17H10ClF3N2. The Morgan fingerprint density at radius 2 is 1.39 bits per heavy atom. The normalized spacial score (nSPS) is 10.8. The molecule has 0 N–H and O–H groups in total. The summed E-state index contributed by atoms with van der Waals surface area (Å²) in [4.78, 5) is 0. The summed E-state index contributed by atoms with van der Waals surface area (Å²) in [6.45, 7) is 1.64. The molecule has 0 amide bonds. The molecule has 0 saturated carbocycles. The Labute approximate surface area is 135 Å². The number of aryl methyl sites for hydroxylation is 1. The van der Waals surface area contributed by atoms with Crippen LogP contribution < -0.4 is 0 Å². The van der Waals surface area contributed by atoms with Gasteiger partial charge in [-0.1, -0.05) is 29.8 Å². The molecule has 0 aliphatic rings. The van der Waals surface area contributed by atoms with Crippen LogP contribution in [0.4, 0.5) is 13.2 Å². The molecule has 2 aromatic carbocycles. The Morgan fingerprint density at radius 3 is 2.00 bits per heavy atom. The van der Waals surface area contributed by atoms with Crippen LogP contribution in [0.3, 0.4) is 0 Å². The molecule has 3 aromatic rings. The lowest BCUT2D eigenvalue weighted by Gasteiger charge is -2.14. The first kappa shape index (κ1) is 15.5. The molecule has 1 heterocycles. The summed E-state index contributed by atoms with van der Waals surface area (Å²) in [5, 5.41) is 7.53. The van der Waals surface area contributed by atoms with Gasteiger partial charge in [-0.05, 0) is 36.8 Å². The van der Waals surface area contributed by atoms with Crippen LogP contribution in [0.15, 0.2) is 42.5 Å². The topological polar surface area (TPSA) is 25.8 Å². The van der Waals surface area contributed by atoms with Gasteiger partial charge in [0.1, 0.15) is 17.5 Å². The lowest BCUT2D eigenvalue weighted by atomic mass is 9.94. The van der Waals surface area contributed by atoms with Crippen LogP contribution in [0.5, 0.6) is 0 Å². The van der Waals surface area contributed by atoms with Gasteiger partial charge in [0.25, 0.3) is 0 Å². The van der Waals surface area contributed by atoms with Crippen LogP contribution in [0.2, 0.25) is 5.15 Å². The Kier molecular flexibility index (Phi) is 4.05. The van der Waals surface area contributed by atoms with Crippen molar-refractivity contribution in [3.63, 3.8) is 0 Å². The maximum absolute atomic E-state index is 14.2. The second-order valence-corrected chi connectivity index (χ2v) is 5.29. The first-order valence-corrected chi connectivity index (χ1v) is 7.10. The van der Waals surface area contributed by atoms with Crippen molar-refractivity contribution in [1.82, 2.24) is 10.2 Å². The monoisotopic (exact) mass is 334 g/mol. The highest BCUT2D eigenvalue weighted by molar-refractivity contribution is 6.32. The summed E-state index contributed by atoms with van der Waals surface area (Å²) in [5.74, 6) is -1.94. The molecule has 0 fully saturated rings. The van der Waals surface area contributed by atoms with Gasteiger partial charge in [-0.3, -0.25) is 0 Å². The molecule has 0 atom stereocenters. The van der Waals surface area contributed by atoms with E-state index in [1.54, 1.807) is 6.92 Å². The van der Waals surface area contributed by atoms with E-state index in [2.05, 4.69) is 10.2 Å². The molecule has 0 radical (unpaired) electrons. The predicted octanol–water partition coefficient (Wildman–Crippen LogP) is 5.19.